The van der Waals surface area contributed by atoms with Crippen molar-refractivity contribution < 1.29 is 28.5 Å². The highest BCUT2D eigenvalue weighted by molar-refractivity contribution is 7.24. The van der Waals surface area contributed by atoms with E-state index in [2.05, 4.69) is 9.97 Å². The Morgan fingerprint density at radius 3 is 1.31 bits per heavy atom. The molecule has 0 bridgehead atoms. The number of amides is 2. The Kier molecular flexibility index (Phi) is 14.4. The maximum atomic E-state index is 13.3. The summed E-state index contributed by atoms with van der Waals surface area (Å²) < 4.78 is 23.6. The van der Waals surface area contributed by atoms with Gasteiger partial charge in [-0.25, -0.2) is 31.7 Å². The Morgan fingerprint density at radius 1 is 0.667 bits per heavy atom. The number of rotatable bonds is 20. The number of hydrogen-bond acceptors (Lipinski definition) is 12. The van der Waals surface area contributed by atoms with Crippen molar-refractivity contribution in [2.75, 3.05) is 62.9 Å². The van der Waals surface area contributed by atoms with Gasteiger partial charge >= 0.3 is 0 Å². The van der Waals surface area contributed by atoms with E-state index < -0.39 is 0 Å². The van der Waals surface area contributed by atoms with Crippen LogP contribution in [0.2, 0.25) is 0 Å². The molecule has 3 rings (SSSR count). The maximum Gasteiger partial charge on any atom is 0.246 e. The largest absolute Gasteiger partial charge is 0.382 e. The zero-order valence-corrected chi connectivity index (χ0v) is 26.6. The SMILES string of the molecule is CCOCCC(CCOCC)C(=O)N(N)c1nc2cc3nc(N(N)C(=O)C(CCOCC)CCOCC)sc3cc2s1. The van der Waals surface area contributed by atoms with E-state index in [1.807, 2.05) is 39.8 Å². The van der Waals surface area contributed by atoms with E-state index in [9.17, 15) is 9.59 Å². The lowest BCUT2D eigenvalue weighted by Crippen LogP contribution is -2.42. The normalized spacial score (nSPS) is 11.8. The van der Waals surface area contributed by atoms with Crippen LogP contribution in [0.3, 0.4) is 0 Å². The number of thiazole rings is 2. The van der Waals surface area contributed by atoms with Gasteiger partial charge in [-0.15, -0.1) is 0 Å². The second-order valence-corrected chi connectivity index (χ2v) is 11.6. The molecule has 0 atom stereocenters. The topological polar surface area (TPSA) is 155 Å². The molecule has 0 radical (unpaired) electrons. The minimum absolute atomic E-state index is 0.226. The van der Waals surface area contributed by atoms with Crippen LogP contribution in [0, 0.1) is 11.8 Å². The number of hydrazine groups is 2. The number of carbonyl (C=O) groups excluding carboxylic acids is 2. The molecule has 0 saturated carbocycles. The van der Waals surface area contributed by atoms with E-state index in [-0.39, 0.29) is 23.7 Å². The monoisotopic (exact) mass is 624 g/mol. The molecule has 2 heterocycles. The highest BCUT2D eigenvalue weighted by atomic mass is 32.1. The van der Waals surface area contributed by atoms with E-state index >= 15 is 0 Å². The molecule has 0 aliphatic heterocycles. The summed E-state index contributed by atoms with van der Waals surface area (Å²) in [6.07, 6.45) is 2.20. The maximum absolute atomic E-state index is 13.3. The van der Waals surface area contributed by atoms with Gasteiger partial charge in [0, 0.05) is 64.7 Å². The van der Waals surface area contributed by atoms with E-state index in [1.165, 1.54) is 22.7 Å². The van der Waals surface area contributed by atoms with Gasteiger partial charge in [0.25, 0.3) is 0 Å². The van der Waals surface area contributed by atoms with Crippen LogP contribution in [0.15, 0.2) is 12.1 Å². The van der Waals surface area contributed by atoms with Crippen molar-refractivity contribution in [1.29, 1.82) is 0 Å². The van der Waals surface area contributed by atoms with E-state index in [1.54, 1.807) is 0 Å². The molecule has 0 spiro atoms. The number of nitrogens with two attached hydrogens (primary N) is 2. The van der Waals surface area contributed by atoms with Gasteiger partial charge in [0.2, 0.25) is 22.1 Å². The number of aromatic nitrogens is 2. The van der Waals surface area contributed by atoms with Gasteiger partial charge < -0.3 is 18.9 Å². The summed E-state index contributed by atoms with van der Waals surface area (Å²) in [5.74, 6) is 11.4. The van der Waals surface area contributed by atoms with Crippen molar-refractivity contribution in [3.63, 3.8) is 0 Å². The van der Waals surface area contributed by atoms with Crippen molar-refractivity contribution in [3.05, 3.63) is 12.1 Å². The number of fused-ring (bicyclic) bond motifs is 2. The molecule has 2 amide bonds. The summed E-state index contributed by atoms with van der Waals surface area (Å²) in [5.41, 5.74) is 1.31. The molecule has 12 nitrogen and oxygen atoms in total. The molecular formula is C28H44N6O6S2. The first-order valence-corrected chi connectivity index (χ1v) is 16.2. The number of ether oxygens (including phenoxy) is 4. The Bertz CT molecular complexity index is 1110. The van der Waals surface area contributed by atoms with Crippen LogP contribution in [0.5, 0.6) is 0 Å². The quantitative estimate of drug-likeness (QED) is 0.0806. The zero-order chi connectivity index (χ0) is 30.5. The molecule has 0 unspecified atom stereocenters. The fourth-order valence-corrected chi connectivity index (χ4v) is 6.28. The van der Waals surface area contributed by atoms with Crippen molar-refractivity contribution in [3.8, 4) is 0 Å². The van der Waals surface area contributed by atoms with Gasteiger partial charge in [-0.2, -0.15) is 0 Å². The number of anilines is 2. The summed E-state index contributed by atoms with van der Waals surface area (Å²) in [7, 11) is 0. The number of hydrogen-bond donors (Lipinski definition) is 2. The van der Waals surface area contributed by atoms with Crippen LogP contribution < -0.4 is 21.7 Å². The number of carbonyl (C=O) groups is 2. The number of benzene rings is 1. The predicted octanol–water partition coefficient (Wildman–Crippen LogP) is 4.26. The van der Waals surface area contributed by atoms with Crippen LogP contribution >= 0.6 is 22.7 Å². The average molecular weight is 625 g/mol. The molecule has 0 fully saturated rings. The standard InChI is InChI=1S/C28H44N6O6S2/c1-5-37-13-9-19(10-14-38-6-2)25(35)33(29)27-31-21-17-22-24(18-23(21)41-27)42-28(32-22)34(30)26(36)20(11-15-39-7-3)12-16-40-8-4/h17-20H,5-16,29-30H2,1-4H3. The Balaban J connectivity index is 1.76. The first-order valence-electron chi connectivity index (χ1n) is 14.5. The molecular weight excluding hydrogens is 580 g/mol. The molecule has 0 aliphatic carbocycles. The third kappa shape index (κ3) is 9.35. The average Bonchev–Trinajstić information content (AvgIpc) is 3.60. The van der Waals surface area contributed by atoms with Crippen molar-refractivity contribution >= 4 is 65.2 Å². The van der Waals surface area contributed by atoms with Crippen LogP contribution in [0.25, 0.3) is 20.4 Å². The third-order valence-corrected chi connectivity index (χ3v) is 8.75. The highest BCUT2D eigenvalue weighted by Gasteiger charge is 2.27. The fourth-order valence-electron chi connectivity index (χ4n) is 4.38. The second kappa shape index (κ2) is 17.7. The molecule has 14 heteroatoms. The fraction of sp³-hybridized carbons (Fsp3) is 0.643. The van der Waals surface area contributed by atoms with Crippen molar-refractivity contribution in [2.45, 2.75) is 53.4 Å². The molecule has 0 aliphatic rings. The zero-order valence-electron chi connectivity index (χ0n) is 25.0. The summed E-state index contributed by atoms with van der Waals surface area (Å²) in [6, 6.07) is 3.76. The number of nitrogens with zero attached hydrogens (tertiary/aromatic N) is 4. The van der Waals surface area contributed by atoms with Crippen molar-refractivity contribution in [2.24, 2.45) is 23.5 Å². The lowest BCUT2D eigenvalue weighted by atomic mass is 10.0. The minimum Gasteiger partial charge on any atom is -0.382 e. The van der Waals surface area contributed by atoms with Crippen LogP contribution in [0.1, 0.15) is 53.4 Å². The third-order valence-electron chi connectivity index (χ3n) is 6.72. The Labute approximate surface area is 255 Å². The highest BCUT2D eigenvalue weighted by Crippen LogP contribution is 2.36. The first-order chi connectivity index (χ1) is 20.3. The Hall–Kier alpha value is -2.30. The molecule has 1 aromatic carbocycles. The smallest absolute Gasteiger partial charge is 0.246 e. The van der Waals surface area contributed by atoms with Gasteiger partial charge in [-0.3, -0.25) is 9.59 Å². The summed E-state index contributed by atoms with van der Waals surface area (Å²) in [5, 5.41) is 3.05. The molecule has 2 aromatic heterocycles. The molecule has 3 aromatic rings. The van der Waals surface area contributed by atoms with E-state index in [0.29, 0.717) is 99.8 Å². The first kappa shape index (κ1) is 34.2. The van der Waals surface area contributed by atoms with Gasteiger partial charge in [-0.1, -0.05) is 22.7 Å². The molecule has 42 heavy (non-hydrogen) atoms. The van der Waals surface area contributed by atoms with Crippen molar-refractivity contribution in [1.82, 2.24) is 9.97 Å². The molecule has 234 valence electrons. The van der Waals surface area contributed by atoms with Gasteiger partial charge in [0.05, 0.1) is 20.4 Å². The molecule has 4 N–H and O–H groups in total. The van der Waals surface area contributed by atoms with Gasteiger partial charge in [-0.05, 0) is 65.5 Å². The van der Waals surface area contributed by atoms with Crippen LogP contribution in [-0.2, 0) is 28.5 Å². The van der Waals surface area contributed by atoms with Gasteiger partial charge in [0.1, 0.15) is 0 Å². The van der Waals surface area contributed by atoms with Crippen LogP contribution in [-0.4, -0.2) is 74.6 Å². The van der Waals surface area contributed by atoms with Gasteiger partial charge in [0.15, 0.2) is 0 Å². The lowest BCUT2D eigenvalue weighted by molar-refractivity contribution is -0.124. The van der Waals surface area contributed by atoms with E-state index in [4.69, 9.17) is 30.6 Å². The van der Waals surface area contributed by atoms with Crippen LogP contribution in [0.4, 0.5) is 10.3 Å². The minimum atomic E-state index is -0.341. The Morgan fingerprint density at radius 2 is 1.00 bits per heavy atom. The summed E-state index contributed by atoms with van der Waals surface area (Å²) in [4.78, 5) is 35.8. The predicted molar refractivity (Wildman–Crippen MR) is 168 cm³/mol. The summed E-state index contributed by atoms with van der Waals surface area (Å²) >= 11 is 2.64. The summed E-state index contributed by atoms with van der Waals surface area (Å²) in [6.45, 7) is 11.9. The molecule has 0 saturated heterocycles. The second-order valence-electron chi connectivity index (χ2n) is 9.53. The lowest BCUT2D eigenvalue weighted by Gasteiger charge is -2.21. The van der Waals surface area contributed by atoms with E-state index in [0.717, 1.165) is 19.4 Å².